The van der Waals surface area contributed by atoms with Gasteiger partial charge in [-0.25, -0.2) is 0 Å². The lowest BCUT2D eigenvalue weighted by Gasteiger charge is -2.21. The first-order valence-electron chi connectivity index (χ1n) is 7.27. The fourth-order valence-corrected chi connectivity index (χ4v) is 2.09. The number of aliphatic imine (C=N–C) groups is 1. The number of phenols is 1. The van der Waals surface area contributed by atoms with Gasteiger partial charge in [-0.3, -0.25) is 4.99 Å². The van der Waals surface area contributed by atoms with Gasteiger partial charge in [0, 0.05) is 11.8 Å². The van der Waals surface area contributed by atoms with Crippen molar-refractivity contribution in [1.82, 2.24) is 0 Å². The minimum absolute atomic E-state index is 0.0330. The van der Waals surface area contributed by atoms with Gasteiger partial charge in [0.25, 0.3) is 0 Å². The first kappa shape index (κ1) is 16.7. The van der Waals surface area contributed by atoms with Crippen molar-refractivity contribution in [3.8, 4) is 5.75 Å². The zero-order valence-corrected chi connectivity index (χ0v) is 13.2. The number of aliphatic hydroxyl groups excluding tert-OH is 1. The summed E-state index contributed by atoms with van der Waals surface area (Å²) in [7, 11) is 0. The van der Waals surface area contributed by atoms with E-state index in [0.29, 0.717) is 11.5 Å². The highest BCUT2D eigenvalue weighted by atomic mass is 16.3. The molecule has 0 aromatic heterocycles. The molecule has 0 bridgehead atoms. The van der Waals surface area contributed by atoms with Crippen LogP contribution in [0.3, 0.4) is 0 Å². The molecule has 1 unspecified atom stereocenters. The lowest BCUT2D eigenvalue weighted by Crippen LogP contribution is -2.19. The summed E-state index contributed by atoms with van der Waals surface area (Å²) in [6.45, 7) is 10.4. The summed E-state index contributed by atoms with van der Waals surface area (Å²) >= 11 is 0. The molecule has 1 rings (SSSR count). The molecule has 2 N–H and O–H groups in total. The Balaban J connectivity index is 3.04. The van der Waals surface area contributed by atoms with Crippen LogP contribution in [-0.4, -0.2) is 29.1 Å². The van der Waals surface area contributed by atoms with Gasteiger partial charge in [-0.05, 0) is 23.0 Å². The molecule has 1 aromatic rings. The predicted molar refractivity (Wildman–Crippen MR) is 84.7 cm³/mol. The first-order valence-corrected chi connectivity index (χ1v) is 7.27. The molecular weight excluding hydrogens is 250 g/mol. The second-order valence-corrected chi connectivity index (χ2v) is 6.41. The third-order valence-corrected chi connectivity index (χ3v) is 3.77. The molecule has 0 aliphatic heterocycles. The van der Waals surface area contributed by atoms with Gasteiger partial charge in [0.1, 0.15) is 5.75 Å². The topological polar surface area (TPSA) is 52.8 Å². The van der Waals surface area contributed by atoms with Crippen LogP contribution in [-0.2, 0) is 5.41 Å². The lowest BCUT2D eigenvalue weighted by molar-refractivity contribution is 0.232. The van der Waals surface area contributed by atoms with E-state index >= 15 is 0 Å². The fourth-order valence-electron chi connectivity index (χ4n) is 2.09. The summed E-state index contributed by atoms with van der Waals surface area (Å²) in [6.07, 6.45) is 2.65. The van der Waals surface area contributed by atoms with Gasteiger partial charge in [0.2, 0.25) is 0 Å². The summed E-state index contributed by atoms with van der Waals surface area (Å²) in [5, 5.41) is 19.7. The highest BCUT2D eigenvalue weighted by Gasteiger charge is 2.19. The Morgan fingerprint density at radius 2 is 1.95 bits per heavy atom. The van der Waals surface area contributed by atoms with E-state index in [-0.39, 0.29) is 23.8 Å². The van der Waals surface area contributed by atoms with E-state index in [0.717, 1.165) is 12.0 Å². The number of nitrogens with zero attached hydrogens (tertiary/aromatic N) is 1. The minimum atomic E-state index is -0.113. The van der Waals surface area contributed by atoms with E-state index in [1.807, 2.05) is 18.2 Å². The summed E-state index contributed by atoms with van der Waals surface area (Å²) < 4.78 is 0. The number of benzene rings is 1. The van der Waals surface area contributed by atoms with Crippen LogP contribution in [0.1, 0.15) is 52.2 Å². The van der Waals surface area contributed by atoms with Crippen molar-refractivity contribution in [3.63, 3.8) is 0 Å². The summed E-state index contributed by atoms with van der Waals surface area (Å²) in [5.74, 6) is 0.605. The predicted octanol–water partition coefficient (Wildman–Crippen LogP) is 3.52. The quantitative estimate of drug-likeness (QED) is 0.809. The Morgan fingerprint density at radius 1 is 1.30 bits per heavy atom. The Labute approximate surface area is 122 Å². The first-order chi connectivity index (χ1) is 9.31. The molecule has 0 fully saturated rings. The summed E-state index contributed by atoms with van der Waals surface area (Å²) in [4.78, 5) is 4.43. The second kappa shape index (κ2) is 6.89. The van der Waals surface area contributed by atoms with Crippen LogP contribution in [0.5, 0.6) is 5.75 Å². The summed E-state index contributed by atoms with van der Waals surface area (Å²) in [5.41, 5.74) is 1.51. The molecule has 20 heavy (non-hydrogen) atoms. The van der Waals surface area contributed by atoms with Gasteiger partial charge in [-0.15, -0.1) is 0 Å². The van der Waals surface area contributed by atoms with Crippen molar-refractivity contribution < 1.29 is 10.2 Å². The van der Waals surface area contributed by atoms with E-state index in [2.05, 4.69) is 39.6 Å². The highest BCUT2D eigenvalue weighted by molar-refractivity contribution is 5.84. The highest BCUT2D eigenvalue weighted by Crippen LogP contribution is 2.32. The van der Waals surface area contributed by atoms with Gasteiger partial charge >= 0.3 is 0 Å². The van der Waals surface area contributed by atoms with Gasteiger partial charge in [0.05, 0.1) is 12.6 Å². The van der Waals surface area contributed by atoms with E-state index in [1.54, 1.807) is 6.21 Å². The average Bonchev–Trinajstić information content (AvgIpc) is 2.39. The molecule has 3 nitrogen and oxygen atoms in total. The number of phenolic OH excluding ortho intramolecular Hbond substituents is 1. The number of para-hydroxylation sites is 1. The molecule has 0 aliphatic rings. The monoisotopic (exact) mass is 277 g/mol. The Hall–Kier alpha value is -1.35. The van der Waals surface area contributed by atoms with E-state index in [4.69, 9.17) is 0 Å². The van der Waals surface area contributed by atoms with E-state index in [1.165, 1.54) is 0 Å². The van der Waals surface area contributed by atoms with Crippen molar-refractivity contribution >= 4 is 6.21 Å². The van der Waals surface area contributed by atoms with Crippen molar-refractivity contribution in [2.75, 3.05) is 6.61 Å². The molecule has 112 valence electrons. The Kier molecular flexibility index (Phi) is 5.75. The normalized spacial score (nSPS) is 15.5. The van der Waals surface area contributed by atoms with Crippen LogP contribution >= 0.6 is 0 Å². The third-order valence-electron chi connectivity index (χ3n) is 3.77. The SMILES string of the molecule is CCC(C)[C@@H](CO)/N=C/c1cccc(C(C)(C)C)c1O. The second-order valence-electron chi connectivity index (χ2n) is 6.41. The van der Waals surface area contributed by atoms with Gasteiger partial charge in [0.15, 0.2) is 0 Å². The fraction of sp³-hybridized carbons (Fsp3) is 0.588. The zero-order chi connectivity index (χ0) is 15.3. The van der Waals surface area contributed by atoms with Crippen molar-refractivity contribution in [2.45, 2.75) is 52.5 Å². The Bertz CT molecular complexity index is 461. The molecule has 0 saturated heterocycles. The molecule has 0 radical (unpaired) electrons. The molecule has 0 amide bonds. The number of hydrogen-bond acceptors (Lipinski definition) is 3. The van der Waals surface area contributed by atoms with Crippen molar-refractivity contribution in [1.29, 1.82) is 0 Å². The smallest absolute Gasteiger partial charge is 0.128 e. The molecule has 1 aromatic carbocycles. The van der Waals surface area contributed by atoms with E-state index in [9.17, 15) is 10.2 Å². The maximum Gasteiger partial charge on any atom is 0.128 e. The standard InChI is InChI=1S/C17H27NO2/c1-6-12(2)15(11-19)18-10-13-8-7-9-14(16(13)20)17(3,4)5/h7-10,12,15,19-20H,6,11H2,1-5H3/b18-10+/t12?,15-/m1/s1. The van der Waals surface area contributed by atoms with Crippen LogP contribution in [0.4, 0.5) is 0 Å². The largest absolute Gasteiger partial charge is 0.507 e. The Morgan fingerprint density at radius 3 is 2.45 bits per heavy atom. The average molecular weight is 277 g/mol. The number of aromatic hydroxyl groups is 1. The van der Waals surface area contributed by atoms with Gasteiger partial charge in [-0.1, -0.05) is 53.2 Å². The van der Waals surface area contributed by atoms with Gasteiger partial charge in [-0.2, -0.15) is 0 Å². The zero-order valence-electron chi connectivity index (χ0n) is 13.2. The van der Waals surface area contributed by atoms with Crippen LogP contribution in [0.15, 0.2) is 23.2 Å². The van der Waals surface area contributed by atoms with E-state index < -0.39 is 0 Å². The maximum atomic E-state index is 10.4. The van der Waals surface area contributed by atoms with Crippen LogP contribution in [0.2, 0.25) is 0 Å². The van der Waals surface area contributed by atoms with Crippen molar-refractivity contribution in [3.05, 3.63) is 29.3 Å². The minimum Gasteiger partial charge on any atom is -0.507 e. The van der Waals surface area contributed by atoms with Crippen molar-refractivity contribution in [2.24, 2.45) is 10.9 Å². The number of rotatable bonds is 5. The van der Waals surface area contributed by atoms with Crippen LogP contribution < -0.4 is 0 Å². The van der Waals surface area contributed by atoms with Crippen LogP contribution in [0, 0.1) is 5.92 Å². The van der Waals surface area contributed by atoms with Crippen LogP contribution in [0.25, 0.3) is 0 Å². The van der Waals surface area contributed by atoms with Gasteiger partial charge < -0.3 is 10.2 Å². The molecule has 0 aliphatic carbocycles. The molecule has 3 heteroatoms. The number of hydrogen-bond donors (Lipinski definition) is 2. The third kappa shape index (κ3) is 4.07. The molecule has 0 heterocycles. The molecule has 0 saturated carbocycles. The molecule has 2 atom stereocenters. The number of aliphatic hydroxyl groups is 1. The lowest BCUT2D eigenvalue weighted by atomic mass is 9.85. The summed E-state index contributed by atoms with van der Waals surface area (Å²) in [6, 6.07) is 5.60. The molecular formula is C17H27NO2. The maximum absolute atomic E-state index is 10.4. The molecule has 0 spiro atoms.